The minimum atomic E-state index is 0.395. The maximum absolute atomic E-state index is 4.27. The van der Waals surface area contributed by atoms with Gasteiger partial charge in [0, 0.05) is 13.1 Å². The van der Waals surface area contributed by atoms with Crippen LogP contribution in [0.4, 0.5) is 0 Å². The number of nitrogens with zero attached hydrogens (tertiary/aromatic N) is 4. The quantitative estimate of drug-likeness (QED) is 0.637. The van der Waals surface area contributed by atoms with Crippen molar-refractivity contribution in [2.45, 2.75) is 19.9 Å². The first-order valence-corrected chi connectivity index (χ1v) is 4.05. The molecule has 2 aromatic heterocycles. The van der Waals surface area contributed by atoms with Crippen LogP contribution in [-0.2, 0) is 7.05 Å². The molecule has 64 valence electrons. The highest BCUT2D eigenvalue weighted by Crippen LogP contribution is 2.15. The van der Waals surface area contributed by atoms with Crippen molar-refractivity contribution in [1.82, 2.24) is 19.6 Å². The van der Waals surface area contributed by atoms with Gasteiger partial charge in [-0.2, -0.15) is 10.2 Å². The number of hydrogen-bond acceptors (Lipinski definition) is 2. The highest BCUT2D eigenvalue weighted by Gasteiger charge is 2.08. The highest BCUT2D eigenvalue weighted by atomic mass is 15.3. The van der Waals surface area contributed by atoms with Gasteiger partial charge in [-0.3, -0.25) is 9.36 Å². The first kappa shape index (κ1) is 7.34. The Bertz CT molecular complexity index is 396. The minimum absolute atomic E-state index is 0.395. The Labute approximate surface area is 70.8 Å². The molecule has 0 N–H and O–H groups in total. The Kier molecular flexibility index (Phi) is 1.43. The number of aromatic nitrogens is 4. The standard InChI is InChI=1S/C8H12N4/c1-6(2)12-8-5-9-11(3)7(8)4-10-12/h4-6H,1-3H3. The van der Waals surface area contributed by atoms with E-state index in [1.807, 2.05) is 28.8 Å². The van der Waals surface area contributed by atoms with Gasteiger partial charge in [0.15, 0.2) is 0 Å². The SMILES string of the molecule is CC(C)n1ncc2c1cnn2C. The van der Waals surface area contributed by atoms with E-state index in [4.69, 9.17) is 0 Å². The van der Waals surface area contributed by atoms with Gasteiger partial charge in [0.2, 0.25) is 0 Å². The molecule has 0 fully saturated rings. The Morgan fingerprint density at radius 3 is 2.50 bits per heavy atom. The summed E-state index contributed by atoms with van der Waals surface area (Å²) >= 11 is 0. The van der Waals surface area contributed by atoms with Gasteiger partial charge < -0.3 is 0 Å². The monoisotopic (exact) mass is 164 g/mol. The molecule has 0 atom stereocenters. The molecule has 0 saturated carbocycles. The molecule has 0 aromatic carbocycles. The minimum Gasteiger partial charge on any atom is -0.265 e. The van der Waals surface area contributed by atoms with Gasteiger partial charge in [-0.1, -0.05) is 0 Å². The topological polar surface area (TPSA) is 35.6 Å². The van der Waals surface area contributed by atoms with Crippen LogP contribution in [0.15, 0.2) is 12.4 Å². The van der Waals surface area contributed by atoms with Crippen LogP contribution >= 0.6 is 0 Å². The van der Waals surface area contributed by atoms with E-state index in [2.05, 4.69) is 24.0 Å². The normalized spacial score (nSPS) is 11.7. The molecule has 0 radical (unpaired) electrons. The zero-order valence-electron chi connectivity index (χ0n) is 7.52. The van der Waals surface area contributed by atoms with Crippen LogP contribution in [0.3, 0.4) is 0 Å². The largest absolute Gasteiger partial charge is 0.265 e. The van der Waals surface area contributed by atoms with Crippen molar-refractivity contribution in [3.63, 3.8) is 0 Å². The van der Waals surface area contributed by atoms with E-state index in [9.17, 15) is 0 Å². The second kappa shape index (κ2) is 2.33. The third-order valence-electron chi connectivity index (χ3n) is 2.00. The third-order valence-corrected chi connectivity index (χ3v) is 2.00. The number of fused-ring (bicyclic) bond motifs is 1. The van der Waals surface area contributed by atoms with Crippen molar-refractivity contribution in [3.05, 3.63) is 12.4 Å². The lowest BCUT2D eigenvalue weighted by Crippen LogP contribution is -2.01. The summed E-state index contributed by atoms with van der Waals surface area (Å²) in [6.45, 7) is 4.22. The molecule has 0 unspecified atom stereocenters. The van der Waals surface area contributed by atoms with E-state index in [0.717, 1.165) is 11.0 Å². The van der Waals surface area contributed by atoms with Crippen molar-refractivity contribution >= 4 is 11.0 Å². The molecule has 0 aliphatic heterocycles. The van der Waals surface area contributed by atoms with E-state index in [1.165, 1.54) is 0 Å². The molecule has 0 spiro atoms. The molecule has 0 amide bonds. The Hall–Kier alpha value is -1.32. The molecule has 0 aliphatic carbocycles. The predicted octanol–water partition coefficient (Wildman–Crippen LogP) is 1.35. The summed E-state index contributed by atoms with van der Waals surface area (Å²) in [4.78, 5) is 0. The van der Waals surface area contributed by atoms with Crippen LogP contribution in [0.5, 0.6) is 0 Å². The average molecular weight is 164 g/mol. The second-order valence-corrected chi connectivity index (χ2v) is 3.22. The molecular formula is C8H12N4. The van der Waals surface area contributed by atoms with Gasteiger partial charge in [-0.05, 0) is 13.8 Å². The van der Waals surface area contributed by atoms with Crippen molar-refractivity contribution in [2.75, 3.05) is 0 Å². The lowest BCUT2D eigenvalue weighted by molar-refractivity contribution is 0.550. The molecule has 2 aromatic rings. The number of hydrogen-bond donors (Lipinski definition) is 0. The fourth-order valence-corrected chi connectivity index (χ4v) is 1.35. The molecule has 4 heteroatoms. The van der Waals surface area contributed by atoms with E-state index in [-0.39, 0.29) is 0 Å². The fourth-order valence-electron chi connectivity index (χ4n) is 1.35. The summed E-state index contributed by atoms with van der Waals surface area (Å²) in [5, 5.41) is 8.43. The lowest BCUT2D eigenvalue weighted by atomic mass is 10.4. The second-order valence-electron chi connectivity index (χ2n) is 3.22. The Balaban J connectivity index is 2.71. The molecular weight excluding hydrogens is 152 g/mol. The molecule has 2 heterocycles. The zero-order chi connectivity index (χ0) is 8.72. The van der Waals surface area contributed by atoms with Gasteiger partial charge in [0.05, 0.1) is 12.4 Å². The highest BCUT2D eigenvalue weighted by molar-refractivity contribution is 5.73. The first-order chi connectivity index (χ1) is 5.70. The predicted molar refractivity (Wildman–Crippen MR) is 46.9 cm³/mol. The summed E-state index contributed by atoms with van der Waals surface area (Å²) < 4.78 is 3.81. The summed E-state index contributed by atoms with van der Waals surface area (Å²) in [6.07, 6.45) is 3.70. The van der Waals surface area contributed by atoms with E-state index in [0.29, 0.717) is 6.04 Å². The summed E-state index contributed by atoms with van der Waals surface area (Å²) in [5.41, 5.74) is 2.19. The summed E-state index contributed by atoms with van der Waals surface area (Å²) in [7, 11) is 1.93. The zero-order valence-corrected chi connectivity index (χ0v) is 7.52. The van der Waals surface area contributed by atoms with Crippen molar-refractivity contribution in [3.8, 4) is 0 Å². The smallest absolute Gasteiger partial charge is 0.107 e. The van der Waals surface area contributed by atoms with Crippen LogP contribution in [0.25, 0.3) is 11.0 Å². The molecule has 12 heavy (non-hydrogen) atoms. The van der Waals surface area contributed by atoms with Crippen LogP contribution in [0, 0.1) is 0 Å². The first-order valence-electron chi connectivity index (χ1n) is 4.05. The van der Waals surface area contributed by atoms with Crippen molar-refractivity contribution < 1.29 is 0 Å². The van der Waals surface area contributed by atoms with Crippen LogP contribution < -0.4 is 0 Å². The van der Waals surface area contributed by atoms with Crippen LogP contribution in [0.1, 0.15) is 19.9 Å². The summed E-state index contributed by atoms with van der Waals surface area (Å²) in [6, 6.07) is 0.395. The maximum atomic E-state index is 4.27. The lowest BCUT2D eigenvalue weighted by Gasteiger charge is -2.03. The van der Waals surface area contributed by atoms with Crippen molar-refractivity contribution in [2.24, 2.45) is 7.05 Å². The molecule has 2 rings (SSSR count). The van der Waals surface area contributed by atoms with Crippen LogP contribution in [0.2, 0.25) is 0 Å². The van der Waals surface area contributed by atoms with Crippen LogP contribution in [-0.4, -0.2) is 19.6 Å². The summed E-state index contributed by atoms with van der Waals surface area (Å²) in [5.74, 6) is 0. The van der Waals surface area contributed by atoms with Gasteiger partial charge in [-0.25, -0.2) is 0 Å². The molecule has 0 bridgehead atoms. The van der Waals surface area contributed by atoms with Gasteiger partial charge in [-0.15, -0.1) is 0 Å². The Morgan fingerprint density at radius 1 is 1.17 bits per heavy atom. The average Bonchev–Trinajstić information content (AvgIpc) is 2.53. The maximum Gasteiger partial charge on any atom is 0.107 e. The van der Waals surface area contributed by atoms with Gasteiger partial charge in [0.1, 0.15) is 11.0 Å². The van der Waals surface area contributed by atoms with Gasteiger partial charge in [0.25, 0.3) is 0 Å². The van der Waals surface area contributed by atoms with Gasteiger partial charge >= 0.3 is 0 Å². The number of rotatable bonds is 1. The van der Waals surface area contributed by atoms with E-state index >= 15 is 0 Å². The molecule has 0 aliphatic rings. The molecule has 0 saturated heterocycles. The fraction of sp³-hybridized carbons (Fsp3) is 0.500. The number of aryl methyl sites for hydroxylation is 1. The van der Waals surface area contributed by atoms with E-state index < -0.39 is 0 Å². The third kappa shape index (κ3) is 0.841. The Morgan fingerprint density at radius 2 is 1.83 bits per heavy atom. The van der Waals surface area contributed by atoms with E-state index in [1.54, 1.807) is 0 Å². The van der Waals surface area contributed by atoms with Crippen molar-refractivity contribution in [1.29, 1.82) is 0 Å². The molecule has 4 nitrogen and oxygen atoms in total.